The van der Waals surface area contributed by atoms with E-state index in [1.807, 2.05) is 45.2 Å². The first-order chi connectivity index (χ1) is 8.04. The Labute approximate surface area is 108 Å². The molecular weight excluding hydrogens is 236 g/mol. The highest BCUT2D eigenvalue weighted by Crippen LogP contribution is 2.17. The summed E-state index contributed by atoms with van der Waals surface area (Å²) in [7, 11) is 1.84. The highest BCUT2D eigenvalue weighted by molar-refractivity contribution is 6.30. The third kappa shape index (κ3) is 4.36. The number of benzene rings is 1. The van der Waals surface area contributed by atoms with E-state index in [-0.39, 0.29) is 17.9 Å². The average Bonchev–Trinajstić information content (AvgIpc) is 2.29. The monoisotopic (exact) mass is 254 g/mol. The zero-order valence-electron chi connectivity index (χ0n) is 10.5. The minimum atomic E-state index is -0.0402. The molecule has 0 fully saturated rings. The maximum absolute atomic E-state index is 11.8. The van der Waals surface area contributed by atoms with Gasteiger partial charge in [0, 0.05) is 17.5 Å². The van der Waals surface area contributed by atoms with E-state index in [1.54, 1.807) is 0 Å². The first-order valence-corrected chi connectivity index (χ1v) is 6.12. The fourth-order valence-corrected chi connectivity index (χ4v) is 1.81. The number of nitrogens with one attached hydrogen (secondary N) is 2. The van der Waals surface area contributed by atoms with E-state index in [0.29, 0.717) is 11.6 Å². The van der Waals surface area contributed by atoms with Crippen molar-refractivity contribution in [2.75, 3.05) is 13.6 Å². The molecular formula is C13H19ClN2O. The van der Waals surface area contributed by atoms with E-state index in [2.05, 4.69) is 10.6 Å². The Kier molecular flexibility index (Phi) is 5.45. The predicted molar refractivity (Wildman–Crippen MR) is 71.1 cm³/mol. The normalized spacial score (nSPS) is 14.1. The quantitative estimate of drug-likeness (QED) is 0.847. The van der Waals surface area contributed by atoms with Crippen LogP contribution in [0, 0.1) is 5.92 Å². The molecule has 0 aromatic heterocycles. The van der Waals surface area contributed by atoms with Crippen molar-refractivity contribution in [1.29, 1.82) is 0 Å². The van der Waals surface area contributed by atoms with Crippen LogP contribution in [0.1, 0.15) is 25.5 Å². The van der Waals surface area contributed by atoms with E-state index in [9.17, 15) is 4.79 Å². The summed E-state index contributed by atoms with van der Waals surface area (Å²) in [6.07, 6.45) is 0. The van der Waals surface area contributed by atoms with E-state index >= 15 is 0 Å². The molecule has 94 valence electrons. The summed E-state index contributed by atoms with van der Waals surface area (Å²) in [4.78, 5) is 11.8. The number of halogens is 1. The van der Waals surface area contributed by atoms with Crippen LogP contribution in [0.5, 0.6) is 0 Å². The first-order valence-electron chi connectivity index (χ1n) is 5.75. The Morgan fingerprint density at radius 1 is 1.41 bits per heavy atom. The zero-order valence-corrected chi connectivity index (χ0v) is 11.2. The summed E-state index contributed by atoms with van der Waals surface area (Å²) in [5, 5.41) is 6.65. The van der Waals surface area contributed by atoms with Crippen LogP contribution >= 0.6 is 11.6 Å². The molecule has 0 aliphatic rings. The van der Waals surface area contributed by atoms with Crippen molar-refractivity contribution in [3.8, 4) is 0 Å². The van der Waals surface area contributed by atoms with Gasteiger partial charge in [-0.3, -0.25) is 4.79 Å². The molecule has 1 rings (SSSR count). The van der Waals surface area contributed by atoms with E-state index < -0.39 is 0 Å². The molecule has 0 spiro atoms. The lowest BCUT2D eigenvalue weighted by Crippen LogP contribution is -2.35. The zero-order chi connectivity index (χ0) is 12.8. The summed E-state index contributed by atoms with van der Waals surface area (Å²) in [6.45, 7) is 4.53. The molecule has 4 heteroatoms. The molecule has 0 radical (unpaired) electrons. The highest BCUT2D eigenvalue weighted by Gasteiger charge is 2.15. The smallest absolute Gasteiger partial charge is 0.224 e. The lowest BCUT2D eigenvalue weighted by Gasteiger charge is -2.18. The SMILES string of the molecule is CNCC(C)C(=O)N[C@@H](C)c1cccc(Cl)c1. The molecule has 1 amide bonds. The molecule has 1 aromatic rings. The van der Waals surface area contributed by atoms with Gasteiger partial charge in [0.15, 0.2) is 0 Å². The van der Waals surface area contributed by atoms with E-state index in [4.69, 9.17) is 11.6 Å². The van der Waals surface area contributed by atoms with Gasteiger partial charge in [-0.1, -0.05) is 30.7 Å². The van der Waals surface area contributed by atoms with Crippen LogP contribution in [0.3, 0.4) is 0 Å². The van der Waals surface area contributed by atoms with Crippen LogP contribution in [0.4, 0.5) is 0 Å². The average molecular weight is 255 g/mol. The lowest BCUT2D eigenvalue weighted by atomic mass is 10.1. The Morgan fingerprint density at radius 3 is 2.71 bits per heavy atom. The maximum Gasteiger partial charge on any atom is 0.224 e. The van der Waals surface area contributed by atoms with Gasteiger partial charge in [0.1, 0.15) is 0 Å². The van der Waals surface area contributed by atoms with Crippen LogP contribution in [0.25, 0.3) is 0 Å². The van der Waals surface area contributed by atoms with Crippen molar-refractivity contribution in [2.24, 2.45) is 5.92 Å². The summed E-state index contributed by atoms with van der Waals surface area (Å²) in [5.41, 5.74) is 1.02. The Bertz CT molecular complexity index is 381. The maximum atomic E-state index is 11.8. The summed E-state index contributed by atoms with van der Waals surface area (Å²) >= 11 is 5.92. The fraction of sp³-hybridized carbons (Fsp3) is 0.462. The number of carbonyl (C=O) groups excluding carboxylic acids is 1. The van der Waals surface area contributed by atoms with Crippen LogP contribution in [0.2, 0.25) is 5.02 Å². The van der Waals surface area contributed by atoms with Crippen LogP contribution in [-0.4, -0.2) is 19.5 Å². The number of hydrogen-bond donors (Lipinski definition) is 2. The van der Waals surface area contributed by atoms with Gasteiger partial charge < -0.3 is 10.6 Å². The second-order valence-corrected chi connectivity index (χ2v) is 4.68. The van der Waals surface area contributed by atoms with Gasteiger partial charge in [0.2, 0.25) is 5.91 Å². The van der Waals surface area contributed by atoms with Gasteiger partial charge >= 0.3 is 0 Å². The standard InChI is InChI=1S/C13H19ClN2O/c1-9(8-15-3)13(17)16-10(2)11-5-4-6-12(14)7-11/h4-7,9-10,15H,8H2,1-3H3,(H,16,17)/t9?,10-/m0/s1. The Balaban J connectivity index is 2.60. The van der Waals surface area contributed by atoms with Crippen LogP contribution in [0.15, 0.2) is 24.3 Å². The Hall–Kier alpha value is -1.06. The molecule has 0 saturated carbocycles. The third-order valence-corrected chi connectivity index (χ3v) is 2.90. The second kappa shape index (κ2) is 6.62. The van der Waals surface area contributed by atoms with Gasteiger partial charge in [-0.15, -0.1) is 0 Å². The van der Waals surface area contributed by atoms with Gasteiger partial charge in [-0.05, 0) is 31.7 Å². The number of carbonyl (C=O) groups is 1. The van der Waals surface area contributed by atoms with Gasteiger partial charge in [0.25, 0.3) is 0 Å². The van der Waals surface area contributed by atoms with E-state index in [0.717, 1.165) is 5.56 Å². The second-order valence-electron chi connectivity index (χ2n) is 4.24. The van der Waals surface area contributed by atoms with Crippen molar-refractivity contribution >= 4 is 17.5 Å². The fourth-order valence-electron chi connectivity index (χ4n) is 1.61. The molecule has 0 aliphatic carbocycles. The van der Waals surface area contributed by atoms with Crippen molar-refractivity contribution in [1.82, 2.24) is 10.6 Å². The molecule has 17 heavy (non-hydrogen) atoms. The molecule has 2 atom stereocenters. The van der Waals surface area contributed by atoms with Crippen molar-refractivity contribution < 1.29 is 4.79 Å². The molecule has 1 unspecified atom stereocenters. The lowest BCUT2D eigenvalue weighted by molar-refractivity contribution is -0.125. The summed E-state index contributed by atoms with van der Waals surface area (Å²) in [5.74, 6) is 0.00783. The molecule has 0 aliphatic heterocycles. The molecule has 2 N–H and O–H groups in total. The molecule has 0 bridgehead atoms. The van der Waals surface area contributed by atoms with Gasteiger partial charge in [-0.25, -0.2) is 0 Å². The van der Waals surface area contributed by atoms with Crippen molar-refractivity contribution in [3.63, 3.8) is 0 Å². The number of hydrogen-bond acceptors (Lipinski definition) is 2. The Morgan fingerprint density at radius 2 is 2.12 bits per heavy atom. The largest absolute Gasteiger partial charge is 0.349 e. The molecule has 1 aromatic carbocycles. The minimum Gasteiger partial charge on any atom is -0.349 e. The van der Waals surface area contributed by atoms with Crippen LogP contribution < -0.4 is 10.6 Å². The van der Waals surface area contributed by atoms with Crippen LogP contribution in [-0.2, 0) is 4.79 Å². The van der Waals surface area contributed by atoms with E-state index in [1.165, 1.54) is 0 Å². The topological polar surface area (TPSA) is 41.1 Å². The molecule has 3 nitrogen and oxygen atoms in total. The highest BCUT2D eigenvalue weighted by atomic mass is 35.5. The number of rotatable bonds is 5. The van der Waals surface area contributed by atoms with Gasteiger partial charge in [-0.2, -0.15) is 0 Å². The summed E-state index contributed by atoms with van der Waals surface area (Å²) < 4.78 is 0. The third-order valence-electron chi connectivity index (χ3n) is 2.67. The van der Waals surface area contributed by atoms with Gasteiger partial charge in [0.05, 0.1) is 6.04 Å². The minimum absolute atomic E-state index is 0.0273. The van der Waals surface area contributed by atoms with Crippen molar-refractivity contribution in [3.05, 3.63) is 34.9 Å². The molecule has 0 saturated heterocycles. The number of amides is 1. The predicted octanol–water partition coefficient (Wildman–Crippen LogP) is 2.37. The first kappa shape index (κ1) is 14.0. The van der Waals surface area contributed by atoms with Crippen molar-refractivity contribution in [2.45, 2.75) is 19.9 Å². The summed E-state index contributed by atoms with van der Waals surface area (Å²) in [6, 6.07) is 7.51. The molecule has 0 heterocycles.